The second kappa shape index (κ2) is 10.7. The molecule has 0 aliphatic rings. The first-order valence-corrected chi connectivity index (χ1v) is 9.72. The number of hydrogen-bond acceptors (Lipinski definition) is 7. The van der Waals surface area contributed by atoms with Crippen LogP contribution in [0.5, 0.6) is 0 Å². The van der Waals surface area contributed by atoms with E-state index in [4.69, 9.17) is 5.73 Å². The molecule has 1 atom stereocenters. The quantitative estimate of drug-likeness (QED) is 0.522. The van der Waals surface area contributed by atoms with E-state index in [0.717, 1.165) is 18.4 Å². The van der Waals surface area contributed by atoms with E-state index < -0.39 is 11.8 Å². The Kier molecular flexibility index (Phi) is 8.33. The predicted molar refractivity (Wildman–Crippen MR) is 110 cm³/mol. The highest BCUT2D eigenvalue weighted by molar-refractivity contribution is 5.72. The Bertz CT molecular complexity index is 839. The Balaban J connectivity index is 2.31. The zero-order valence-corrected chi connectivity index (χ0v) is 17.2. The molecule has 1 heterocycles. The number of carbonyl (C=O) groups is 1. The van der Waals surface area contributed by atoms with E-state index in [9.17, 15) is 14.3 Å². The molecule has 1 aromatic carbocycles. The van der Waals surface area contributed by atoms with Crippen LogP contribution < -0.4 is 11.1 Å². The molecule has 0 saturated carbocycles. The van der Waals surface area contributed by atoms with E-state index in [1.165, 1.54) is 13.2 Å². The fraction of sp³-hybridized carbons (Fsp3) is 0.476. The molecule has 0 spiro atoms. The summed E-state index contributed by atoms with van der Waals surface area (Å²) < 4.78 is 19.3. The minimum Gasteiger partial charge on any atom is -0.469 e. The maximum atomic E-state index is 14.7. The third kappa shape index (κ3) is 6.39. The lowest BCUT2D eigenvalue weighted by molar-refractivity contribution is -0.139. The standard InChI is InChI=1S/C21H29FN4O3/c1-4-5-16(8-9-27)25-20-17(13(2)24-21(23)26-20)12-15-7-6-14(10-18(15)22)11-19(28)29-3/h6-7,10,16,27H,4-5,8-9,11-12H2,1-3H3,(H3,23,24,25,26)/t16-/m0/s1. The molecular formula is C21H29FN4O3. The second-order valence-electron chi connectivity index (χ2n) is 6.99. The number of aliphatic hydroxyl groups is 1. The highest BCUT2D eigenvalue weighted by atomic mass is 19.1. The van der Waals surface area contributed by atoms with Crippen molar-refractivity contribution < 1.29 is 19.0 Å². The molecule has 0 unspecified atom stereocenters. The normalized spacial score (nSPS) is 11.9. The number of methoxy groups -OCH3 is 1. The van der Waals surface area contributed by atoms with E-state index in [-0.39, 0.29) is 31.4 Å². The molecule has 0 aliphatic carbocycles. The maximum absolute atomic E-state index is 14.7. The van der Waals surface area contributed by atoms with Crippen molar-refractivity contribution in [2.24, 2.45) is 0 Å². The van der Waals surface area contributed by atoms with Crippen molar-refractivity contribution in [3.8, 4) is 0 Å². The molecule has 158 valence electrons. The van der Waals surface area contributed by atoms with Crippen molar-refractivity contribution in [1.82, 2.24) is 9.97 Å². The third-order valence-corrected chi connectivity index (χ3v) is 4.75. The topological polar surface area (TPSA) is 110 Å². The van der Waals surface area contributed by atoms with E-state index in [1.54, 1.807) is 12.1 Å². The van der Waals surface area contributed by atoms with Gasteiger partial charge in [0.05, 0.1) is 13.5 Å². The number of hydrogen-bond donors (Lipinski definition) is 3. The number of esters is 1. The van der Waals surface area contributed by atoms with Crippen molar-refractivity contribution in [2.75, 3.05) is 24.8 Å². The summed E-state index contributed by atoms with van der Waals surface area (Å²) in [5.41, 5.74) is 8.25. The Morgan fingerprint density at radius 2 is 2.10 bits per heavy atom. The van der Waals surface area contributed by atoms with Gasteiger partial charge in [-0.1, -0.05) is 25.5 Å². The van der Waals surface area contributed by atoms with Crippen LogP contribution in [0.4, 0.5) is 16.2 Å². The molecule has 4 N–H and O–H groups in total. The monoisotopic (exact) mass is 404 g/mol. The van der Waals surface area contributed by atoms with Crippen molar-refractivity contribution in [3.05, 3.63) is 46.4 Å². The van der Waals surface area contributed by atoms with Crippen molar-refractivity contribution in [3.63, 3.8) is 0 Å². The molecule has 2 aromatic rings. The zero-order valence-electron chi connectivity index (χ0n) is 17.2. The van der Waals surface area contributed by atoms with Gasteiger partial charge in [0.1, 0.15) is 11.6 Å². The number of aromatic nitrogens is 2. The number of ether oxygens (including phenoxy) is 1. The number of aryl methyl sites for hydroxylation is 1. The maximum Gasteiger partial charge on any atom is 0.309 e. The number of benzene rings is 1. The van der Waals surface area contributed by atoms with Crippen LogP contribution in [0.15, 0.2) is 18.2 Å². The van der Waals surface area contributed by atoms with Gasteiger partial charge in [0, 0.05) is 30.3 Å². The summed E-state index contributed by atoms with van der Waals surface area (Å²) in [6.45, 7) is 3.93. The van der Waals surface area contributed by atoms with Gasteiger partial charge in [0.15, 0.2) is 0 Å². The number of nitrogens with zero attached hydrogens (tertiary/aromatic N) is 2. The average Bonchev–Trinajstić information content (AvgIpc) is 2.66. The third-order valence-electron chi connectivity index (χ3n) is 4.75. The number of anilines is 2. The van der Waals surface area contributed by atoms with Crippen LogP contribution in [0.25, 0.3) is 0 Å². The number of halogens is 1. The Hall–Kier alpha value is -2.74. The molecule has 29 heavy (non-hydrogen) atoms. The van der Waals surface area contributed by atoms with Crippen LogP contribution in [0, 0.1) is 12.7 Å². The van der Waals surface area contributed by atoms with Crippen LogP contribution in [0.1, 0.15) is 48.6 Å². The highest BCUT2D eigenvalue weighted by Gasteiger charge is 2.17. The molecule has 0 radical (unpaired) electrons. The molecule has 0 amide bonds. The van der Waals surface area contributed by atoms with Crippen LogP contribution in [0.3, 0.4) is 0 Å². The molecule has 1 aromatic heterocycles. The average molecular weight is 404 g/mol. The minimum absolute atomic E-state index is 0.0182. The summed E-state index contributed by atoms with van der Waals surface area (Å²) in [6, 6.07) is 4.74. The van der Waals surface area contributed by atoms with Crippen molar-refractivity contribution >= 4 is 17.7 Å². The summed E-state index contributed by atoms with van der Waals surface area (Å²) in [7, 11) is 1.30. The van der Waals surface area contributed by atoms with Gasteiger partial charge in [-0.3, -0.25) is 4.79 Å². The smallest absolute Gasteiger partial charge is 0.309 e. The number of aliphatic hydroxyl groups excluding tert-OH is 1. The van der Waals surface area contributed by atoms with Crippen LogP contribution in [-0.4, -0.2) is 40.8 Å². The Morgan fingerprint density at radius 1 is 1.34 bits per heavy atom. The fourth-order valence-corrected chi connectivity index (χ4v) is 3.21. The van der Waals surface area contributed by atoms with Crippen molar-refractivity contribution in [1.29, 1.82) is 0 Å². The number of nitrogen functional groups attached to an aromatic ring is 1. The summed E-state index contributed by atoms with van der Waals surface area (Å²) in [4.78, 5) is 19.9. The molecule has 0 bridgehead atoms. The summed E-state index contributed by atoms with van der Waals surface area (Å²) in [5.74, 6) is -0.131. The lowest BCUT2D eigenvalue weighted by atomic mass is 10.0. The molecule has 2 rings (SSSR count). The lowest BCUT2D eigenvalue weighted by Gasteiger charge is -2.21. The first-order valence-electron chi connectivity index (χ1n) is 9.72. The van der Waals surface area contributed by atoms with Gasteiger partial charge in [-0.25, -0.2) is 9.37 Å². The highest BCUT2D eigenvalue weighted by Crippen LogP contribution is 2.25. The predicted octanol–water partition coefficient (Wildman–Crippen LogP) is 2.78. The van der Waals surface area contributed by atoms with Gasteiger partial charge in [-0.05, 0) is 37.0 Å². The van der Waals surface area contributed by atoms with E-state index >= 15 is 0 Å². The lowest BCUT2D eigenvalue weighted by Crippen LogP contribution is -2.23. The molecular weight excluding hydrogens is 375 g/mol. The second-order valence-corrected chi connectivity index (χ2v) is 6.99. The fourth-order valence-electron chi connectivity index (χ4n) is 3.21. The van der Waals surface area contributed by atoms with Gasteiger partial charge in [0.2, 0.25) is 5.95 Å². The first-order chi connectivity index (χ1) is 13.9. The van der Waals surface area contributed by atoms with Crippen LogP contribution >= 0.6 is 0 Å². The molecule has 8 heteroatoms. The largest absolute Gasteiger partial charge is 0.469 e. The summed E-state index contributed by atoms with van der Waals surface area (Å²) >= 11 is 0. The van der Waals surface area contributed by atoms with Crippen LogP contribution in [0.2, 0.25) is 0 Å². The van der Waals surface area contributed by atoms with Gasteiger partial charge in [-0.2, -0.15) is 4.98 Å². The molecule has 7 nitrogen and oxygen atoms in total. The molecule has 0 aliphatic heterocycles. The van der Waals surface area contributed by atoms with E-state index in [2.05, 4.69) is 26.9 Å². The van der Waals surface area contributed by atoms with E-state index in [0.29, 0.717) is 29.1 Å². The van der Waals surface area contributed by atoms with E-state index in [1.807, 2.05) is 6.92 Å². The molecule has 0 fully saturated rings. The van der Waals surface area contributed by atoms with Gasteiger partial charge < -0.3 is 20.9 Å². The number of nitrogens with two attached hydrogens (primary N) is 1. The number of carbonyl (C=O) groups excluding carboxylic acids is 1. The summed E-state index contributed by atoms with van der Waals surface area (Å²) in [5, 5.41) is 12.7. The van der Waals surface area contributed by atoms with Gasteiger partial charge >= 0.3 is 5.97 Å². The molecule has 0 saturated heterocycles. The SMILES string of the molecule is CCC[C@@H](CCO)Nc1nc(N)nc(C)c1Cc1ccc(CC(=O)OC)cc1F. The van der Waals surface area contributed by atoms with Crippen molar-refractivity contribution in [2.45, 2.75) is 52.0 Å². The Labute approximate surface area is 170 Å². The Morgan fingerprint density at radius 3 is 2.72 bits per heavy atom. The van der Waals surface area contributed by atoms with Gasteiger partial charge in [-0.15, -0.1) is 0 Å². The van der Waals surface area contributed by atoms with Gasteiger partial charge in [0.25, 0.3) is 0 Å². The minimum atomic E-state index is -0.419. The first kappa shape index (κ1) is 22.5. The van der Waals surface area contributed by atoms with Crippen LogP contribution in [-0.2, 0) is 22.4 Å². The summed E-state index contributed by atoms with van der Waals surface area (Å²) in [6.07, 6.45) is 2.68. The number of nitrogens with one attached hydrogen (secondary N) is 1. The zero-order chi connectivity index (χ0) is 21.4. The number of rotatable bonds is 10.